The number of hydrogen-bond donors (Lipinski definition) is 1. The summed E-state index contributed by atoms with van der Waals surface area (Å²) in [6.45, 7) is 38.8. The van der Waals surface area contributed by atoms with Crippen molar-refractivity contribution in [2.75, 3.05) is 27.4 Å². The van der Waals surface area contributed by atoms with Crippen molar-refractivity contribution in [1.29, 1.82) is 0 Å². The van der Waals surface area contributed by atoms with Crippen molar-refractivity contribution in [3.8, 4) is 0 Å². The molecule has 8 nitrogen and oxygen atoms in total. The second kappa shape index (κ2) is 16.8. The number of ketones is 1. The van der Waals surface area contributed by atoms with Gasteiger partial charge in [-0.25, -0.2) is 0 Å². The van der Waals surface area contributed by atoms with Gasteiger partial charge < -0.3 is 32.9 Å². The quantitative estimate of drug-likeness (QED) is 0.141. The number of rotatable bonds is 14. The van der Waals surface area contributed by atoms with Crippen LogP contribution in [-0.4, -0.2) is 84.8 Å². The van der Waals surface area contributed by atoms with Gasteiger partial charge in [-0.3, -0.25) is 4.79 Å². The van der Waals surface area contributed by atoms with Crippen molar-refractivity contribution >= 4 is 22.4 Å². The summed E-state index contributed by atoms with van der Waals surface area (Å²) < 4.78 is 36.8. The molecule has 0 radical (unpaired) electrons. The molecule has 0 aromatic rings. The average molecular weight is 715 g/mol. The molecule has 1 N–H and O–H groups in total. The molecule has 5 atom stereocenters. The lowest BCUT2D eigenvalue weighted by atomic mass is 9.77. The fraction of sp³-hybridized carbons (Fsp3) is 0.868. The van der Waals surface area contributed by atoms with Crippen LogP contribution in [-0.2, 0) is 32.6 Å². The summed E-state index contributed by atoms with van der Waals surface area (Å²) in [5.41, 5.74) is -1.05. The number of aliphatic hydroxyl groups is 1. The summed E-state index contributed by atoms with van der Waals surface area (Å²) in [5, 5.41) is 11.0. The predicted molar refractivity (Wildman–Crippen MR) is 202 cm³/mol. The highest BCUT2D eigenvalue weighted by molar-refractivity contribution is 6.74. The van der Waals surface area contributed by atoms with Crippen molar-refractivity contribution in [3.63, 3.8) is 0 Å². The highest BCUT2D eigenvalue weighted by atomic mass is 28.4. The van der Waals surface area contributed by atoms with Gasteiger partial charge in [0, 0.05) is 44.7 Å². The number of aliphatic hydroxyl groups excluding tert-OH is 1. The van der Waals surface area contributed by atoms with E-state index in [-0.39, 0.29) is 28.1 Å². The first-order valence-electron chi connectivity index (χ1n) is 17.8. The van der Waals surface area contributed by atoms with E-state index in [9.17, 15) is 9.90 Å². The predicted octanol–water partition coefficient (Wildman–Crippen LogP) is 9.19. The van der Waals surface area contributed by atoms with E-state index in [1.165, 1.54) is 0 Å². The van der Waals surface area contributed by atoms with Crippen LogP contribution in [0.15, 0.2) is 25.3 Å². The maximum Gasteiger partial charge on any atom is 0.236 e. The Morgan fingerprint density at radius 3 is 1.58 bits per heavy atom. The highest BCUT2D eigenvalue weighted by Gasteiger charge is 2.58. The summed E-state index contributed by atoms with van der Waals surface area (Å²) in [5.74, 6) is -2.29. The highest BCUT2D eigenvalue weighted by Crippen LogP contribution is 2.47. The number of carbonyl (C=O) groups excluding carboxylic acids is 1. The van der Waals surface area contributed by atoms with Crippen LogP contribution in [0, 0.1) is 10.8 Å². The van der Waals surface area contributed by atoms with E-state index in [0.717, 1.165) is 25.7 Å². The zero-order valence-electron chi connectivity index (χ0n) is 33.8. The van der Waals surface area contributed by atoms with Crippen LogP contribution in [0.3, 0.4) is 0 Å². The zero-order valence-corrected chi connectivity index (χ0v) is 35.8. The minimum atomic E-state index is -1.92. The Morgan fingerprint density at radius 1 is 0.750 bits per heavy atom. The molecule has 2 aliphatic heterocycles. The van der Waals surface area contributed by atoms with Crippen molar-refractivity contribution in [2.45, 2.75) is 174 Å². The molecule has 2 saturated heterocycles. The van der Waals surface area contributed by atoms with Crippen molar-refractivity contribution in [1.82, 2.24) is 0 Å². The van der Waals surface area contributed by atoms with E-state index in [1.807, 2.05) is 26.0 Å². The standard InChI is InChI=1S/C19H38O4Si.C19H36O4Si/c2*1-10-11-15-12-13-16(20)19(21-7,23-15)18(5,6)14-22-24(8,9)17(2,3)4/h10,15-16,20H,1,11-14H2,2-9H3;10,15H,1,11-14H2,2-9H3/t15?,16?,19-;15?,19-/m11/s1. The maximum atomic E-state index is 12.7. The average Bonchev–Trinajstić information content (AvgIpc) is 2.96. The van der Waals surface area contributed by atoms with Gasteiger partial charge in [0.25, 0.3) is 0 Å². The van der Waals surface area contributed by atoms with Crippen LogP contribution in [0.1, 0.15) is 108 Å². The van der Waals surface area contributed by atoms with E-state index in [1.54, 1.807) is 14.2 Å². The van der Waals surface area contributed by atoms with Gasteiger partial charge >= 0.3 is 0 Å². The fourth-order valence-corrected chi connectivity index (χ4v) is 8.14. The molecule has 0 spiro atoms. The Hall–Kier alpha value is -0.696. The lowest BCUT2D eigenvalue weighted by Gasteiger charge is -2.53. The minimum Gasteiger partial charge on any atom is -0.416 e. The smallest absolute Gasteiger partial charge is 0.236 e. The molecule has 0 aromatic carbocycles. The first-order valence-corrected chi connectivity index (χ1v) is 23.6. The third kappa shape index (κ3) is 10.2. The molecule has 2 aliphatic rings. The Morgan fingerprint density at radius 2 is 1.19 bits per heavy atom. The molecule has 2 fully saturated rings. The first-order chi connectivity index (χ1) is 21.7. The third-order valence-corrected chi connectivity index (χ3v) is 20.4. The summed E-state index contributed by atoms with van der Waals surface area (Å²) >= 11 is 0. The number of hydrogen-bond acceptors (Lipinski definition) is 8. The van der Waals surface area contributed by atoms with E-state index in [2.05, 4.69) is 94.7 Å². The molecule has 0 aliphatic carbocycles. The molecule has 3 unspecified atom stereocenters. The lowest BCUT2D eigenvalue weighted by Crippen LogP contribution is -2.63. The van der Waals surface area contributed by atoms with E-state index >= 15 is 0 Å². The van der Waals surface area contributed by atoms with Crippen LogP contribution in [0.2, 0.25) is 36.3 Å². The number of methoxy groups -OCH3 is 2. The second-order valence-electron chi connectivity index (χ2n) is 18.1. The van der Waals surface area contributed by atoms with Gasteiger partial charge in [0.1, 0.15) is 6.10 Å². The molecular formula is C38H74O8Si2. The van der Waals surface area contributed by atoms with E-state index in [4.69, 9.17) is 27.8 Å². The maximum absolute atomic E-state index is 12.7. The summed E-state index contributed by atoms with van der Waals surface area (Å²) in [6.07, 6.45) is 7.17. The van der Waals surface area contributed by atoms with E-state index in [0.29, 0.717) is 26.1 Å². The SMILES string of the molecule is C=CCC1CCC(=O)[C@](OC)(C(C)(C)CO[Si](C)(C)C(C)(C)C)O1.C=CCC1CCC(O)[C@](OC)(C(C)(C)CO[Si](C)(C)C(C)(C)C)O1. The molecule has 0 amide bonds. The summed E-state index contributed by atoms with van der Waals surface area (Å²) in [4.78, 5) is 12.7. The first kappa shape index (κ1) is 45.3. The second-order valence-corrected chi connectivity index (χ2v) is 27.8. The Labute approximate surface area is 297 Å². The zero-order chi connectivity index (χ0) is 37.6. The molecule has 10 heteroatoms. The van der Waals surface area contributed by atoms with Crippen LogP contribution in [0.25, 0.3) is 0 Å². The Bertz CT molecular complexity index is 1060. The normalized spacial score (nSPS) is 28.0. The van der Waals surface area contributed by atoms with Crippen LogP contribution in [0.5, 0.6) is 0 Å². The van der Waals surface area contributed by atoms with E-state index < -0.39 is 45.1 Å². The molecule has 2 heterocycles. The molecule has 0 bridgehead atoms. The Balaban J connectivity index is 0.000000480. The van der Waals surface area contributed by atoms with Crippen LogP contribution in [0.4, 0.5) is 0 Å². The molecule has 0 saturated carbocycles. The molecule has 48 heavy (non-hydrogen) atoms. The number of ether oxygens (including phenoxy) is 4. The van der Waals surface area contributed by atoms with Gasteiger partial charge in [0.2, 0.25) is 11.6 Å². The molecule has 282 valence electrons. The summed E-state index contributed by atoms with van der Waals surface area (Å²) in [6, 6.07) is 0. The van der Waals surface area contributed by atoms with Crippen molar-refractivity contribution < 1.29 is 37.7 Å². The Kier molecular flexibility index (Phi) is 15.8. The summed E-state index contributed by atoms with van der Waals surface area (Å²) in [7, 11) is -0.627. The largest absolute Gasteiger partial charge is 0.416 e. The monoisotopic (exact) mass is 714 g/mol. The van der Waals surface area contributed by atoms with Gasteiger partial charge in [0.15, 0.2) is 22.4 Å². The molecule has 0 aromatic heterocycles. The molecule has 2 rings (SSSR count). The third-order valence-electron chi connectivity index (χ3n) is 11.4. The fourth-order valence-electron chi connectivity index (χ4n) is 5.84. The van der Waals surface area contributed by atoms with Crippen molar-refractivity contribution in [3.05, 3.63) is 25.3 Å². The van der Waals surface area contributed by atoms with Gasteiger partial charge in [-0.05, 0) is 68.4 Å². The van der Waals surface area contributed by atoms with Gasteiger partial charge in [-0.15, -0.1) is 13.2 Å². The van der Waals surface area contributed by atoms with Crippen LogP contribution >= 0.6 is 0 Å². The van der Waals surface area contributed by atoms with Gasteiger partial charge in [0.05, 0.1) is 12.2 Å². The van der Waals surface area contributed by atoms with Crippen LogP contribution < -0.4 is 0 Å². The number of Topliss-reactive ketones (excluding diaryl/α,β-unsaturated/α-hetero) is 1. The molecular weight excluding hydrogens is 641 g/mol. The topological polar surface area (TPSA) is 92.7 Å². The minimum absolute atomic E-state index is 0.00847. The van der Waals surface area contributed by atoms with Gasteiger partial charge in [-0.1, -0.05) is 81.4 Å². The van der Waals surface area contributed by atoms with Gasteiger partial charge in [-0.2, -0.15) is 0 Å². The van der Waals surface area contributed by atoms with Crippen molar-refractivity contribution in [2.24, 2.45) is 10.8 Å². The lowest BCUT2D eigenvalue weighted by molar-refractivity contribution is -0.359. The number of carbonyl (C=O) groups is 1.